The molecule has 2 N–H and O–H groups in total. The van der Waals surface area contributed by atoms with Crippen LogP contribution in [0.4, 0.5) is 0 Å². The Hall–Kier alpha value is -1.85. The van der Waals surface area contributed by atoms with Crippen molar-refractivity contribution < 1.29 is 9.59 Å². The fourth-order valence-electron chi connectivity index (χ4n) is 2.17. The summed E-state index contributed by atoms with van der Waals surface area (Å²) in [5.74, 6) is -0.843. The molecule has 0 aliphatic heterocycles. The molecule has 0 bridgehead atoms. The predicted octanol–water partition coefficient (Wildman–Crippen LogP) is 3.60. The molecule has 0 radical (unpaired) electrons. The molecule has 0 aliphatic rings. The second kappa shape index (κ2) is 7.42. The molecule has 0 saturated heterocycles. The minimum Gasteiger partial charge on any atom is -0.273 e. The molecule has 1 atom stereocenters. The Morgan fingerprint density at radius 2 is 1.77 bits per heavy atom. The summed E-state index contributed by atoms with van der Waals surface area (Å²) in [5, 5.41) is 2.43. The summed E-state index contributed by atoms with van der Waals surface area (Å²) < 4.78 is 0. The number of carbonyl (C=O) groups is 2. The van der Waals surface area contributed by atoms with Gasteiger partial charge in [-0.3, -0.25) is 20.4 Å². The fourth-order valence-corrected chi connectivity index (χ4v) is 2.92. The summed E-state index contributed by atoms with van der Waals surface area (Å²) in [6.45, 7) is 3.92. The van der Waals surface area contributed by atoms with Gasteiger partial charge in [0.25, 0.3) is 5.91 Å². The van der Waals surface area contributed by atoms with Gasteiger partial charge in [-0.2, -0.15) is 0 Å². The standard InChI is InChI=1S/C16H17ClN2O2S/c1-10(2)14(11-5-7-12(17)8-6-11)16(21)19-18-15(20)13-4-3-9-22-13/h3-10,14H,1-2H3,(H,18,20)(H,19,21)/t14-/m0/s1. The molecule has 1 heterocycles. The first-order chi connectivity index (χ1) is 10.5. The molecule has 0 fully saturated rings. The molecule has 1 aromatic heterocycles. The Bertz CT molecular complexity index is 639. The van der Waals surface area contributed by atoms with Gasteiger partial charge < -0.3 is 0 Å². The van der Waals surface area contributed by atoms with Crippen LogP contribution in [0.25, 0.3) is 0 Å². The minimum absolute atomic E-state index is 0.0832. The number of hydrogen-bond donors (Lipinski definition) is 2. The Morgan fingerprint density at radius 1 is 1.09 bits per heavy atom. The van der Waals surface area contributed by atoms with Crippen LogP contribution in [0, 0.1) is 5.92 Å². The lowest BCUT2D eigenvalue weighted by molar-refractivity contribution is -0.124. The maximum Gasteiger partial charge on any atom is 0.279 e. The first kappa shape index (κ1) is 16.5. The zero-order chi connectivity index (χ0) is 16.1. The molecule has 116 valence electrons. The van der Waals surface area contributed by atoms with E-state index in [1.807, 2.05) is 26.0 Å². The normalized spacial score (nSPS) is 12.0. The number of nitrogens with one attached hydrogen (secondary N) is 2. The molecule has 2 aromatic rings. The maximum absolute atomic E-state index is 12.4. The summed E-state index contributed by atoms with van der Waals surface area (Å²) in [7, 11) is 0. The number of hydrogen-bond acceptors (Lipinski definition) is 3. The van der Waals surface area contributed by atoms with Gasteiger partial charge in [-0.1, -0.05) is 43.6 Å². The smallest absolute Gasteiger partial charge is 0.273 e. The summed E-state index contributed by atoms with van der Waals surface area (Å²) >= 11 is 7.20. The minimum atomic E-state index is -0.360. The van der Waals surface area contributed by atoms with Gasteiger partial charge in [0, 0.05) is 5.02 Å². The summed E-state index contributed by atoms with van der Waals surface area (Å²) in [6.07, 6.45) is 0. The quantitative estimate of drug-likeness (QED) is 0.838. The van der Waals surface area contributed by atoms with Crippen LogP contribution in [-0.2, 0) is 4.79 Å². The van der Waals surface area contributed by atoms with E-state index in [-0.39, 0.29) is 23.7 Å². The highest BCUT2D eigenvalue weighted by atomic mass is 35.5. The average Bonchev–Trinajstić information content (AvgIpc) is 3.01. The highest BCUT2D eigenvalue weighted by Gasteiger charge is 2.24. The SMILES string of the molecule is CC(C)[C@H](C(=O)NNC(=O)c1cccs1)c1ccc(Cl)cc1. The number of rotatable bonds is 4. The van der Waals surface area contributed by atoms with Gasteiger partial charge in [0.2, 0.25) is 5.91 Å². The first-order valence-electron chi connectivity index (χ1n) is 6.88. The van der Waals surface area contributed by atoms with Gasteiger partial charge in [-0.25, -0.2) is 0 Å². The van der Waals surface area contributed by atoms with Crippen molar-refractivity contribution in [3.63, 3.8) is 0 Å². The van der Waals surface area contributed by atoms with Crippen LogP contribution in [0.3, 0.4) is 0 Å². The van der Waals surface area contributed by atoms with Gasteiger partial charge in [0.1, 0.15) is 0 Å². The third kappa shape index (κ3) is 4.08. The van der Waals surface area contributed by atoms with Crippen molar-refractivity contribution in [3.05, 3.63) is 57.2 Å². The molecule has 0 aliphatic carbocycles. The second-order valence-electron chi connectivity index (χ2n) is 5.19. The Morgan fingerprint density at radius 3 is 2.32 bits per heavy atom. The number of amides is 2. The lowest BCUT2D eigenvalue weighted by atomic mass is 9.88. The molecular weight excluding hydrogens is 320 g/mol. The largest absolute Gasteiger partial charge is 0.279 e. The zero-order valence-corrected chi connectivity index (χ0v) is 13.9. The van der Waals surface area contributed by atoms with Crippen LogP contribution in [0.2, 0.25) is 5.02 Å². The highest BCUT2D eigenvalue weighted by Crippen LogP contribution is 2.25. The summed E-state index contributed by atoms with van der Waals surface area (Å²) in [6, 6.07) is 10.6. The number of halogens is 1. The molecule has 2 amide bonds. The van der Waals surface area contributed by atoms with Gasteiger partial charge in [-0.05, 0) is 35.1 Å². The van der Waals surface area contributed by atoms with Crippen molar-refractivity contribution in [2.75, 3.05) is 0 Å². The third-order valence-electron chi connectivity index (χ3n) is 3.22. The van der Waals surface area contributed by atoms with Gasteiger partial charge in [0.15, 0.2) is 0 Å². The van der Waals surface area contributed by atoms with Crippen LogP contribution in [0.15, 0.2) is 41.8 Å². The summed E-state index contributed by atoms with van der Waals surface area (Å²) in [4.78, 5) is 24.8. The lowest BCUT2D eigenvalue weighted by Gasteiger charge is -2.21. The molecule has 4 nitrogen and oxygen atoms in total. The van der Waals surface area contributed by atoms with E-state index in [0.717, 1.165) is 5.56 Å². The van der Waals surface area contributed by atoms with Crippen molar-refractivity contribution in [2.24, 2.45) is 5.92 Å². The zero-order valence-electron chi connectivity index (χ0n) is 12.3. The number of carbonyl (C=O) groups excluding carboxylic acids is 2. The average molecular weight is 337 g/mol. The Kier molecular flexibility index (Phi) is 5.57. The molecule has 0 saturated carbocycles. The van der Waals surface area contributed by atoms with Crippen molar-refractivity contribution in [1.29, 1.82) is 0 Å². The number of hydrazine groups is 1. The van der Waals surface area contributed by atoms with Crippen molar-refractivity contribution >= 4 is 34.8 Å². The van der Waals surface area contributed by atoms with E-state index >= 15 is 0 Å². The van der Waals surface area contributed by atoms with E-state index in [1.54, 1.807) is 29.6 Å². The molecule has 22 heavy (non-hydrogen) atoms. The molecule has 1 aromatic carbocycles. The molecule has 0 spiro atoms. The van der Waals surface area contributed by atoms with E-state index in [9.17, 15) is 9.59 Å². The van der Waals surface area contributed by atoms with Crippen LogP contribution < -0.4 is 10.9 Å². The fraction of sp³-hybridized carbons (Fsp3) is 0.250. The van der Waals surface area contributed by atoms with Crippen LogP contribution in [0.5, 0.6) is 0 Å². The molecular formula is C16H17ClN2O2S. The molecule has 6 heteroatoms. The van der Waals surface area contributed by atoms with Crippen LogP contribution in [0.1, 0.15) is 35.0 Å². The highest BCUT2D eigenvalue weighted by molar-refractivity contribution is 7.12. The van der Waals surface area contributed by atoms with Crippen molar-refractivity contribution in [2.45, 2.75) is 19.8 Å². The lowest BCUT2D eigenvalue weighted by Crippen LogP contribution is -2.44. The van der Waals surface area contributed by atoms with E-state index in [2.05, 4.69) is 10.9 Å². The maximum atomic E-state index is 12.4. The Balaban J connectivity index is 2.04. The van der Waals surface area contributed by atoms with Gasteiger partial charge in [-0.15, -0.1) is 11.3 Å². The Labute approximate surface area is 138 Å². The van der Waals surface area contributed by atoms with Gasteiger partial charge in [0.05, 0.1) is 10.8 Å². The molecule has 2 rings (SSSR count). The number of benzene rings is 1. The van der Waals surface area contributed by atoms with Gasteiger partial charge >= 0.3 is 0 Å². The monoisotopic (exact) mass is 336 g/mol. The topological polar surface area (TPSA) is 58.2 Å². The summed E-state index contributed by atoms with van der Waals surface area (Å²) in [5.41, 5.74) is 5.81. The van der Waals surface area contributed by atoms with E-state index < -0.39 is 0 Å². The third-order valence-corrected chi connectivity index (χ3v) is 4.34. The van der Waals surface area contributed by atoms with Crippen LogP contribution in [-0.4, -0.2) is 11.8 Å². The van der Waals surface area contributed by atoms with E-state index in [4.69, 9.17) is 11.6 Å². The predicted molar refractivity (Wildman–Crippen MR) is 89.0 cm³/mol. The van der Waals surface area contributed by atoms with E-state index in [1.165, 1.54) is 11.3 Å². The van der Waals surface area contributed by atoms with Crippen molar-refractivity contribution in [1.82, 2.24) is 10.9 Å². The van der Waals surface area contributed by atoms with E-state index in [0.29, 0.717) is 9.90 Å². The first-order valence-corrected chi connectivity index (χ1v) is 8.14. The van der Waals surface area contributed by atoms with Crippen LogP contribution >= 0.6 is 22.9 Å². The number of thiophene rings is 1. The molecule has 0 unspecified atom stereocenters. The second-order valence-corrected chi connectivity index (χ2v) is 6.58. The van der Waals surface area contributed by atoms with Crippen molar-refractivity contribution in [3.8, 4) is 0 Å².